The molecule has 4 N–H and O–H groups in total. The average molecular weight is 138 g/mol. The largest absolute Gasteiger partial charge is 3.00 e. The van der Waals surface area contributed by atoms with Gasteiger partial charge in [-0.2, -0.15) is 0 Å². The molecule has 0 aliphatic rings. The summed E-state index contributed by atoms with van der Waals surface area (Å²) in [5, 5.41) is 7.42. The molecule has 0 aromatic rings. The van der Waals surface area contributed by atoms with E-state index in [2.05, 4.69) is 0 Å². The molecule has 0 radical (unpaired) electrons. The third-order valence-corrected chi connectivity index (χ3v) is 0. The van der Waals surface area contributed by atoms with Gasteiger partial charge in [-0.3, -0.25) is 4.79 Å². The second-order valence-corrected chi connectivity index (χ2v) is 0.519. The van der Waals surface area contributed by atoms with Crippen molar-refractivity contribution >= 4 is 23.3 Å². The Morgan fingerprint density at radius 1 is 1.25 bits per heavy atom. The van der Waals surface area contributed by atoms with Gasteiger partial charge in [-0.25, -0.2) is 0 Å². The zero-order chi connectivity index (χ0) is 3.58. The van der Waals surface area contributed by atoms with Crippen molar-refractivity contribution < 1.29 is 26.3 Å². The fraction of sp³-hybridized carbons (Fsp3) is 0.500. The minimum atomic E-state index is -0.833. The molecule has 0 unspecified atom stereocenters. The van der Waals surface area contributed by atoms with Gasteiger partial charge in [0.15, 0.2) is 0 Å². The maximum atomic E-state index is 9.00. The zero-order valence-electron chi connectivity index (χ0n) is 4.27. The van der Waals surface area contributed by atoms with E-state index in [-0.39, 0.29) is 33.8 Å². The van der Waals surface area contributed by atoms with Gasteiger partial charge in [-0.15, -0.1) is 0 Å². The Morgan fingerprint density at radius 2 is 1.25 bits per heavy atom. The molecule has 8 heavy (non-hydrogen) atoms. The van der Waals surface area contributed by atoms with Gasteiger partial charge in [0.2, 0.25) is 0 Å². The minimum absolute atomic E-state index is 0. The van der Waals surface area contributed by atoms with Crippen molar-refractivity contribution in [2.24, 2.45) is 0 Å². The first-order chi connectivity index (χ1) is 1.73. The van der Waals surface area contributed by atoms with E-state index in [0.29, 0.717) is 0 Å². The molecule has 0 fully saturated rings. The van der Waals surface area contributed by atoms with Crippen LogP contribution in [-0.4, -0.2) is 44.9 Å². The quantitative estimate of drug-likeness (QED) is 0.437. The van der Waals surface area contributed by atoms with Gasteiger partial charge in [0, 0.05) is 6.92 Å². The Labute approximate surface area is 57.4 Å². The normalized spacial score (nSPS) is 3.12. The van der Waals surface area contributed by atoms with Crippen molar-refractivity contribution in [1.82, 2.24) is 0 Å². The maximum absolute atomic E-state index is 9.00. The van der Waals surface area contributed by atoms with Crippen molar-refractivity contribution in [2.45, 2.75) is 6.92 Å². The van der Waals surface area contributed by atoms with Crippen LogP contribution in [0, 0.1) is 0 Å². The van der Waals surface area contributed by atoms with E-state index in [9.17, 15) is 0 Å². The van der Waals surface area contributed by atoms with Gasteiger partial charge in [-0.1, -0.05) is 0 Å². The van der Waals surface area contributed by atoms with Gasteiger partial charge in [0.05, 0.1) is 0 Å². The molecular weight excluding hydrogens is 131 g/mol. The summed E-state index contributed by atoms with van der Waals surface area (Å²) in [7, 11) is 0. The molecule has 5 nitrogen and oxygen atoms in total. The topological polar surface area (TPSA) is 127 Å². The van der Waals surface area contributed by atoms with Crippen LogP contribution in [0.25, 0.3) is 0 Å². The summed E-state index contributed by atoms with van der Waals surface area (Å²) in [4.78, 5) is 9.00. The number of hydrogen-bond donors (Lipinski definition) is 1. The zero-order valence-corrected chi connectivity index (χ0v) is 5.43. The van der Waals surface area contributed by atoms with Crippen LogP contribution in [0.2, 0.25) is 0 Å². The molecule has 0 aliphatic heterocycles. The molecule has 0 heterocycles. The smallest absolute Gasteiger partial charge is 0.870 e. The SMILES string of the molecule is CC(=O)O.[Al+3].[OH-].[OH-].[OH-]. The summed E-state index contributed by atoms with van der Waals surface area (Å²) in [5.74, 6) is -0.833. The van der Waals surface area contributed by atoms with E-state index in [1.165, 1.54) is 0 Å². The number of hydrogen-bond acceptors (Lipinski definition) is 4. The molecule has 0 rings (SSSR count). The monoisotopic (exact) mass is 138 g/mol. The second kappa shape index (κ2) is 28.7. The standard InChI is InChI=1S/C2H4O2.Al.3H2O/c1-2(3)4;;;;/h1H3,(H,3,4);;3*1H2/q;+3;;;/p-3. The third-order valence-electron chi connectivity index (χ3n) is 0. The summed E-state index contributed by atoms with van der Waals surface area (Å²) >= 11 is 0. The van der Waals surface area contributed by atoms with E-state index in [1.807, 2.05) is 0 Å². The Bertz CT molecular complexity index is 33.4. The molecule has 0 saturated carbocycles. The van der Waals surface area contributed by atoms with Gasteiger partial charge in [0.1, 0.15) is 0 Å². The van der Waals surface area contributed by atoms with Gasteiger partial charge < -0.3 is 21.5 Å². The predicted molar refractivity (Wildman–Crippen MR) is 24.9 cm³/mol. The Balaban J connectivity index is -0.00000000750. The molecule has 0 bridgehead atoms. The molecule has 0 aromatic carbocycles. The number of aliphatic carboxylic acids is 1. The average Bonchev–Trinajstić information content (AvgIpc) is 0.811. The molecule has 0 spiro atoms. The first-order valence-corrected chi connectivity index (χ1v) is 0.928. The maximum Gasteiger partial charge on any atom is 3.00 e. The van der Waals surface area contributed by atoms with Crippen molar-refractivity contribution in [3.8, 4) is 0 Å². The van der Waals surface area contributed by atoms with Crippen LogP contribution < -0.4 is 0 Å². The molecule has 0 aliphatic carbocycles. The number of carbonyl (C=O) groups is 1. The summed E-state index contributed by atoms with van der Waals surface area (Å²) in [5.41, 5.74) is 0. The van der Waals surface area contributed by atoms with Gasteiger partial charge >= 0.3 is 17.4 Å². The van der Waals surface area contributed by atoms with E-state index in [1.54, 1.807) is 0 Å². The van der Waals surface area contributed by atoms with E-state index < -0.39 is 5.97 Å². The summed E-state index contributed by atoms with van der Waals surface area (Å²) in [6, 6.07) is 0. The number of carboxylic acid groups (broad SMARTS) is 1. The predicted octanol–water partition coefficient (Wildman–Crippen LogP) is -0.820. The fourth-order valence-electron chi connectivity index (χ4n) is 0. The Morgan fingerprint density at radius 3 is 1.25 bits per heavy atom. The first-order valence-electron chi connectivity index (χ1n) is 0.928. The first kappa shape index (κ1) is 44.9. The van der Waals surface area contributed by atoms with Crippen molar-refractivity contribution in [2.75, 3.05) is 0 Å². The molecule has 48 valence electrons. The molecular formula is C2H7AlO5. The van der Waals surface area contributed by atoms with Gasteiger partial charge in [-0.05, 0) is 0 Å². The summed E-state index contributed by atoms with van der Waals surface area (Å²) < 4.78 is 0. The van der Waals surface area contributed by atoms with Crippen LogP contribution in [0.1, 0.15) is 6.92 Å². The minimum Gasteiger partial charge on any atom is -0.870 e. The summed E-state index contributed by atoms with van der Waals surface area (Å²) in [6.45, 7) is 1.08. The van der Waals surface area contributed by atoms with E-state index >= 15 is 0 Å². The summed E-state index contributed by atoms with van der Waals surface area (Å²) in [6.07, 6.45) is 0. The fourth-order valence-corrected chi connectivity index (χ4v) is 0. The van der Waals surface area contributed by atoms with Crippen LogP contribution in [-0.2, 0) is 4.79 Å². The van der Waals surface area contributed by atoms with Crippen LogP contribution in [0.3, 0.4) is 0 Å². The van der Waals surface area contributed by atoms with Crippen LogP contribution >= 0.6 is 0 Å². The molecule has 0 saturated heterocycles. The van der Waals surface area contributed by atoms with E-state index in [0.717, 1.165) is 6.92 Å². The van der Waals surface area contributed by atoms with Crippen molar-refractivity contribution in [3.05, 3.63) is 0 Å². The van der Waals surface area contributed by atoms with Crippen molar-refractivity contribution in [3.63, 3.8) is 0 Å². The van der Waals surface area contributed by atoms with Crippen LogP contribution in [0.15, 0.2) is 0 Å². The molecule has 0 amide bonds. The Kier molecular flexibility index (Phi) is 161. The third kappa shape index (κ3) is 10200. The van der Waals surface area contributed by atoms with Crippen LogP contribution in [0.5, 0.6) is 0 Å². The van der Waals surface area contributed by atoms with Gasteiger partial charge in [0.25, 0.3) is 5.97 Å². The molecule has 0 aromatic heterocycles. The van der Waals surface area contributed by atoms with E-state index in [4.69, 9.17) is 9.90 Å². The molecule has 6 heteroatoms. The second-order valence-electron chi connectivity index (χ2n) is 0.519. The number of carboxylic acids is 1. The number of rotatable bonds is 0. The van der Waals surface area contributed by atoms with Crippen LogP contribution in [0.4, 0.5) is 0 Å². The van der Waals surface area contributed by atoms with Crippen molar-refractivity contribution in [1.29, 1.82) is 0 Å². The Hall–Kier alpha value is -0.118. The molecule has 0 atom stereocenters.